The minimum absolute atomic E-state index is 0.00769. The Labute approximate surface area is 128 Å². The molecule has 0 saturated carbocycles. The monoisotopic (exact) mass is 298 g/mol. The summed E-state index contributed by atoms with van der Waals surface area (Å²) in [6, 6.07) is 10.9. The van der Waals surface area contributed by atoms with E-state index in [0.29, 0.717) is 0 Å². The first kappa shape index (κ1) is 14.3. The molecule has 0 aliphatic carbocycles. The Bertz CT molecular complexity index is 645. The van der Waals surface area contributed by atoms with E-state index in [1.807, 2.05) is 36.4 Å². The number of hydrogen-bond donors (Lipinski definition) is 2. The molecule has 2 amide bonds. The first-order valence-corrected chi connectivity index (χ1v) is 7.07. The van der Waals surface area contributed by atoms with Gasteiger partial charge in [0.2, 0.25) is 0 Å². The second kappa shape index (κ2) is 6.03. The summed E-state index contributed by atoms with van der Waals surface area (Å²) in [5, 5.41) is 1.49. The van der Waals surface area contributed by atoms with Crippen LogP contribution < -0.4 is 15.9 Å². The Morgan fingerprint density at radius 3 is 2.68 bits per heavy atom. The molecule has 2 aromatic rings. The number of aromatic nitrogens is 1. The van der Waals surface area contributed by atoms with E-state index in [4.69, 9.17) is 10.5 Å². The predicted octanol–water partition coefficient (Wildman–Crippen LogP) is 2.16. The van der Waals surface area contributed by atoms with Gasteiger partial charge in [-0.05, 0) is 35.7 Å². The molecule has 0 spiro atoms. The van der Waals surface area contributed by atoms with Gasteiger partial charge in [0.25, 0.3) is 0 Å². The Balaban J connectivity index is 1.86. The summed E-state index contributed by atoms with van der Waals surface area (Å²) in [5.74, 6) is 0.782. The van der Waals surface area contributed by atoms with Crippen LogP contribution in [0.5, 0.6) is 5.75 Å². The summed E-state index contributed by atoms with van der Waals surface area (Å²) in [5.41, 5.74) is 10.7. The molecule has 22 heavy (non-hydrogen) atoms. The number of nitrogens with one attached hydrogen (secondary N) is 1. The lowest BCUT2D eigenvalue weighted by molar-refractivity contribution is 0.176. The van der Waals surface area contributed by atoms with Crippen LogP contribution >= 0.6 is 0 Å². The molecule has 2 atom stereocenters. The number of carbonyl (C=O) groups is 1. The lowest BCUT2D eigenvalue weighted by Gasteiger charge is -2.22. The average Bonchev–Trinajstić information content (AvgIpc) is 3.01. The van der Waals surface area contributed by atoms with Gasteiger partial charge in [0, 0.05) is 12.4 Å². The van der Waals surface area contributed by atoms with Crippen LogP contribution in [0, 0.1) is 0 Å². The fourth-order valence-corrected chi connectivity index (χ4v) is 2.76. The standard InChI is InChI=1S/C16H18N4O2/c1-22-13-6-4-11(5-7-13)15-9-14(19-20(15)16(17)21)12-3-2-8-18-10-12/h2-8,10,14-15,19H,9H2,1H3,(H2,17,21). The zero-order valence-corrected chi connectivity index (χ0v) is 12.3. The van der Waals surface area contributed by atoms with E-state index >= 15 is 0 Å². The zero-order chi connectivity index (χ0) is 15.5. The van der Waals surface area contributed by atoms with Gasteiger partial charge in [-0.2, -0.15) is 0 Å². The molecular formula is C16H18N4O2. The van der Waals surface area contributed by atoms with Crippen molar-refractivity contribution in [2.75, 3.05) is 7.11 Å². The lowest BCUT2D eigenvalue weighted by atomic mass is 9.98. The highest BCUT2D eigenvalue weighted by atomic mass is 16.5. The van der Waals surface area contributed by atoms with Gasteiger partial charge >= 0.3 is 6.03 Å². The maximum atomic E-state index is 11.7. The number of nitrogens with two attached hydrogens (primary N) is 1. The fourth-order valence-electron chi connectivity index (χ4n) is 2.76. The number of methoxy groups -OCH3 is 1. The number of primary amides is 1. The van der Waals surface area contributed by atoms with E-state index in [-0.39, 0.29) is 12.1 Å². The molecule has 6 heteroatoms. The molecule has 1 saturated heterocycles. The number of benzene rings is 1. The maximum Gasteiger partial charge on any atom is 0.329 e. The first-order chi connectivity index (χ1) is 10.7. The average molecular weight is 298 g/mol. The van der Waals surface area contributed by atoms with Gasteiger partial charge in [-0.15, -0.1) is 0 Å². The normalized spacial score (nSPS) is 20.9. The molecule has 0 bridgehead atoms. The molecule has 3 N–H and O–H groups in total. The van der Waals surface area contributed by atoms with Crippen LogP contribution in [0.15, 0.2) is 48.8 Å². The van der Waals surface area contributed by atoms with Crippen LogP contribution in [0.2, 0.25) is 0 Å². The van der Waals surface area contributed by atoms with Crippen molar-refractivity contribution in [2.24, 2.45) is 5.73 Å². The Hall–Kier alpha value is -2.60. The minimum Gasteiger partial charge on any atom is -0.497 e. The van der Waals surface area contributed by atoms with Crippen LogP contribution in [0.3, 0.4) is 0 Å². The van der Waals surface area contributed by atoms with Gasteiger partial charge in [0.15, 0.2) is 0 Å². The van der Waals surface area contributed by atoms with Crippen LogP contribution in [0.4, 0.5) is 4.79 Å². The number of ether oxygens (including phenoxy) is 1. The van der Waals surface area contributed by atoms with Crippen molar-refractivity contribution < 1.29 is 9.53 Å². The van der Waals surface area contributed by atoms with Crippen LogP contribution in [0.1, 0.15) is 29.6 Å². The van der Waals surface area contributed by atoms with Crippen molar-refractivity contribution in [3.63, 3.8) is 0 Å². The van der Waals surface area contributed by atoms with Crippen LogP contribution in [-0.2, 0) is 0 Å². The minimum atomic E-state index is -0.493. The number of hydrazine groups is 1. The van der Waals surface area contributed by atoms with Crippen molar-refractivity contribution in [1.29, 1.82) is 0 Å². The molecular weight excluding hydrogens is 280 g/mol. The highest BCUT2D eigenvalue weighted by Gasteiger charge is 2.35. The second-order valence-electron chi connectivity index (χ2n) is 5.20. The van der Waals surface area contributed by atoms with E-state index in [9.17, 15) is 4.79 Å². The Morgan fingerprint density at radius 2 is 2.09 bits per heavy atom. The summed E-state index contributed by atoms with van der Waals surface area (Å²) in [6.07, 6.45) is 4.26. The van der Waals surface area contributed by atoms with Gasteiger partial charge in [0.05, 0.1) is 19.2 Å². The van der Waals surface area contributed by atoms with Gasteiger partial charge in [-0.1, -0.05) is 18.2 Å². The summed E-state index contributed by atoms with van der Waals surface area (Å²) in [6.45, 7) is 0. The maximum absolute atomic E-state index is 11.7. The summed E-state index contributed by atoms with van der Waals surface area (Å²) in [4.78, 5) is 15.9. The molecule has 6 nitrogen and oxygen atoms in total. The molecule has 0 radical (unpaired) electrons. The van der Waals surface area contributed by atoms with E-state index in [1.54, 1.807) is 19.5 Å². The quantitative estimate of drug-likeness (QED) is 0.910. The number of hydrogen-bond acceptors (Lipinski definition) is 4. The smallest absolute Gasteiger partial charge is 0.329 e. The Kier molecular flexibility index (Phi) is 3.93. The molecule has 3 rings (SSSR count). The van der Waals surface area contributed by atoms with E-state index in [0.717, 1.165) is 23.3 Å². The molecule has 1 aliphatic rings. The van der Waals surface area contributed by atoms with Crippen molar-refractivity contribution >= 4 is 6.03 Å². The lowest BCUT2D eigenvalue weighted by Crippen LogP contribution is -2.42. The number of carbonyl (C=O) groups excluding carboxylic acids is 1. The highest BCUT2D eigenvalue weighted by Crippen LogP contribution is 2.37. The summed E-state index contributed by atoms with van der Waals surface area (Å²) >= 11 is 0. The van der Waals surface area contributed by atoms with E-state index in [2.05, 4.69) is 10.4 Å². The van der Waals surface area contributed by atoms with Crippen molar-refractivity contribution in [1.82, 2.24) is 15.4 Å². The van der Waals surface area contributed by atoms with Crippen LogP contribution in [-0.4, -0.2) is 23.1 Å². The van der Waals surface area contributed by atoms with Crippen molar-refractivity contribution in [3.8, 4) is 5.75 Å². The number of nitrogens with zero attached hydrogens (tertiary/aromatic N) is 2. The molecule has 2 unspecified atom stereocenters. The number of rotatable bonds is 3. The van der Waals surface area contributed by atoms with Crippen molar-refractivity contribution in [2.45, 2.75) is 18.5 Å². The van der Waals surface area contributed by atoms with E-state index < -0.39 is 6.03 Å². The number of urea groups is 1. The second-order valence-corrected chi connectivity index (χ2v) is 5.20. The van der Waals surface area contributed by atoms with Gasteiger partial charge < -0.3 is 10.5 Å². The van der Waals surface area contributed by atoms with E-state index in [1.165, 1.54) is 5.01 Å². The SMILES string of the molecule is COc1ccc(C2CC(c3cccnc3)NN2C(N)=O)cc1. The molecule has 1 fully saturated rings. The summed E-state index contributed by atoms with van der Waals surface area (Å²) < 4.78 is 5.17. The third-order valence-corrected chi connectivity index (χ3v) is 3.89. The fraction of sp³-hybridized carbons (Fsp3) is 0.250. The highest BCUT2D eigenvalue weighted by molar-refractivity contribution is 5.72. The predicted molar refractivity (Wildman–Crippen MR) is 81.9 cm³/mol. The topological polar surface area (TPSA) is 80.5 Å². The van der Waals surface area contributed by atoms with Gasteiger partial charge in [-0.25, -0.2) is 10.2 Å². The zero-order valence-electron chi connectivity index (χ0n) is 12.3. The van der Waals surface area contributed by atoms with Gasteiger partial charge in [0.1, 0.15) is 5.75 Å². The molecule has 1 aromatic carbocycles. The first-order valence-electron chi connectivity index (χ1n) is 7.07. The number of pyridine rings is 1. The Morgan fingerprint density at radius 1 is 1.32 bits per heavy atom. The number of amides is 2. The third-order valence-electron chi connectivity index (χ3n) is 3.89. The van der Waals surface area contributed by atoms with Gasteiger partial charge in [-0.3, -0.25) is 9.99 Å². The molecule has 1 aromatic heterocycles. The summed E-state index contributed by atoms with van der Waals surface area (Å²) in [7, 11) is 1.63. The third kappa shape index (κ3) is 2.73. The largest absolute Gasteiger partial charge is 0.497 e. The van der Waals surface area contributed by atoms with Crippen LogP contribution in [0.25, 0.3) is 0 Å². The molecule has 2 heterocycles. The molecule has 114 valence electrons. The molecule has 1 aliphatic heterocycles. The van der Waals surface area contributed by atoms with Crippen molar-refractivity contribution in [3.05, 3.63) is 59.9 Å².